The summed E-state index contributed by atoms with van der Waals surface area (Å²) in [5.41, 5.74) is 4.52. The van der Waals surface area contributed by atoms with E-state index in [0.29, 0.717) is 24.4 Å². The maximum Gasteiger partial charge on any atom is 0.253 e. The zero-order valence-electron chi connectivity index (χ0n) is 23.7. The lowest BCUT2D eigenvalue weighted by atomic mass is 9.92. The number of aromatic nitrogens is 4. The SMILES string of the molecule is CN(C)C/C=C/C(=O)C[C@@H]1CCCN(C(=O)c2ccc3c(c2)nc(-c2cc4cccnc4n2CC2CC2)n3C)C1. The van der Waals surface area contributed by atoms with Crippen LogP contribution < -0.4 is 0 Å². The van der Waals surface area contributed by atoms with Crippen molar-refractivity contribution >= 4 is 33.8 Å². The predicted octanol–water partition coefficient (Wildman–Crippen LogP) is 4.93. The molecule has 208 valence electrons. The highest BCUT2D eigenvalue weighted by molar-refractivity contribution is 5.98. The average molecular weight is 539 g/mol. The number of nitrogens with zero attached hydrogens (tertiary/aromatic N) is 6. The third kappa shape index (κ3) is 5.45. The number of benzene rings is 1. The van der Waals surface area contributed by atoms with Gasteiger partial charge in [-0.05, 0) is 94.1 Å². The zero-order chi connectivity index (χ0) is 27.8. The highest BCUT2D eigenvalue weighted by atomic mass is 16.2. The number of likely N-dealkylation sites (N-methyl/N-ethyl adjacent to an activating group) is 1. The van der Waals surface area contributed by atoms with Crippen LogP contribution in [0.1, 0.15) is 42.5 Å². The molecule has 4 aromatic rings. The van der Waals surface area contributed by atoms with Gasteiger partial charge in [-0.2, -0.15) is 0 Å². The van der Waals surface area contributed by atoms with Crippen LogP contribution in [0.25, 0.3) is 33.6 Å². The van der Waals surface area contributed by atoms with Crippen LogP contribution in [0.2, 0.25) is 0 Å². The monoisotopic (exact) mass is 538 g/mol. The number of amides is 1. The highest BCUT2D eigenvalue weighted by Crippen LogP contribution is 2.36. The molecule has 6 rings (SSSR count). The van der Waals surface area contributed by atoms with Crippen molar-refractivity contribution in [3.05, 3.63) is 60.3 Å². The minimum absolute atomic E-state index is 0.0152. The molecule has 4 heterocycles. The molecule has 1 atom stereocenters. The van der Waals surface area contributed by atoms with Crippen LogP contribution in [0.5, 0.6) is 0 Å². The molecule has 1 amide bonds. The molecule has 0 radical (unpaired) electrons. The Balaban J connectivity index is 1.22. The smallest absolute Gasteiger partial charge is 0.253 e. The van der Waals surface area contributed by atoms with Crippen molar-refractivity contribution in [1.29, 1.82) is 0 Å². The number of piperidine rings is 1. The molecule has 3 aromatic heterocycles. The van der Waals surface area contributed by atoms with Crippen LogP contribution in [0.4, 0.5) is 0 Å². The second-order valence-electron chi connectivity index (χ2n) is 11.8. The van der Waals surface area contributed by atoms with E-state index in [9.17, 15) is 9.59 Å². The zero-order valence-corrected chi connectivity index (χ0v) is 23.7. The fourth-order valence-corrected chi connectivity index (χ4v) is 5.92. The molecule has 1 aromatic carbocycles. The summed E-state index contributed by atoms with van der Waals surface area (Å²) in [4.78, 5) is 39.7. The Labute approximate surface area is 235 Å². The maximum absolute atomic E-state index is 13.6. The number of allylic oxidation sites excluding steroid dienone is 1. The van der Waals surface area contributed by atoms with Crippen molar-refractivity contribution in [2.45, 2.75) is 38.6 Å². The van der Waals surface area contributed by atoms with E-state index in [1.807, 2.05) is 67.5 Å². The highest BCUT2D eigenvalue weighted by Gasteiger charge is 2.28. The quantitative estimate of drug-likeness (QED) is 0.283. The normalized spacial score (nSPS) is 18.0. The first-order valence-electron chi connectivity index (χ1n) is 14.4. The first kappa shape index (κ1) is 26.4. The largest absolute Gasteiger partial charge is 0.338 e. The molecule has 1 saturated heterocycles. The number of likely N-dealkylation sites (tertiary alicyclic amines) is 1. The minimum Gasteiger partial charge on any atom is -0.338 e. The molecule has 0 bridgehead atoms. The summed E-state index contributed by atoms with van der Waals surface area (Å²) in [7, 11) is 6.00. The summed E-state index contributed by atoms with van der Waals surface area (Å²) in [5.74, 6) is 1.94. The molecule has 1 aliphatic carbocycles. The molecule has 2 aliphatic rings. The van der Waals surface area contributed by atoms with Gasteiger partial charge in [0.05, 0.1) is 16.7 Å². The first-order chi connectivity index (χ1) is 19.4. The minimum atomic E-state index is 0.0152. The van der Waals surface area contributed by atoms with Crippen molar-refractivity contribution < 1.29 is 9.59 Å². The lowest BCUT2D eigenvalue weighted by Crippen LogP contribution is -2.40. The number of imidazole rings is 1. The number of aryl methyl sites for hydroxylation is 1. The van der Waals surface area contributed by atoms with Crippen LogP contribution >= 0.6 is 0 Å². The predicted molar refractivity (Wildman–Crippen MR) is 158 cm³/mol. The number of carbonyl (C=O) groups is 2. The lowest BCUT2D eigenvalue weighted by molar-refractivity contribution is -0.115. The van der Waals surface area contributed by atoms with Crippen molar-refractivity contribution in [3.8, 4) is 11.5 Å². The van der Waals surface area contributed by atoms with Gasteiger partial charge in [0, 0.05) is 56.8 Å². The average Bonchev–Trinajstić information content (AvgIpc) is 3.61. The van der Waals surface area contributed by atoms with Crippen LogP contribution in [0.15, 0.2) is 54.7 Å². The number of ketones is 1. The van der Waals surface area contributed by atoms with Gasteiger partial charge in [0.1, 0.15) is 5.65 Å². The van der Waals surface area contributed by atoms with Crippen molar-refractivity contribution in [2.24, 2.45) is 18.9 Å². The van der Waals surface area contributed by atoms with Gasteiger partial charge in [-0.25, -0.2) is 9.97 Å². The Morgan fingerprint density at radius 1 is 1.10 bits per heavy atom. The Morgan fingerprint density at radius 2 is 1.95 bits per heavy atom. The van der Waals surface area contributed by atoms with Gasteiger partial charge in [-0.15, -0.1) is 0 Å². The van der Waals surface area contributed by atoms with E-state index in [2.05, 4.69) is 26.3 Å². The van der Waals surface area contributed by atoms with Crippen LogP contribution in [0.3, 0.4) is 0 Å². The van der Waals surface area contributed by atoms with E-state index in [4.69, 9.17) is 4.98 Å². The second-order valence-corrected chi connectivity index (χ2v) is 11.8. The fraction of sp³-hybridized carbons (Fsp3) is 0.438. The number of fused-ring (bicyclic) bond motifs is 2. The van der Waals surface area contributed by atoms with E-state index in [1.54, 1.807) is 6.08 Å². The lowest BCUT2D eigenvalue weighted by Gasteiger charge is -2.32. The standard InChI is InChI=1S/C32H38N6O2/c1-35(2)15-6-9-26(39)17-23-7-5-16-37(20-23)32(40)25-12-13-28-27(18-25)34-31(36(28)3)29-19-24-8-4-14-33-30(24)38(29)21-22-10-11-22/h4,6,8-9,12-14,18-19,22-23H,5,7,10-11,15-17,20-21H2,1-3H3/b9-6+/t23-/m0/s1. The number of rotatable bonds is 9. The molecule has 8 heteroatoms. The Bertz CT molecular complexity index is 1590. The summed E-state index contributed by atoms with van der Waals surface area (Å²) in [6.45, 7) is 3.04. The second kappa shape index (κ2) is 11.0. The molecule has 2 fully saturated rings. The van der Waals surface area contributed by atoms with Gasteiger partial charge in [0.2, 0.25) is 0 Å². The van der Waals surface area contributed by atoms with Gasteiger partial charge in [-0.1, -0.05) is 6.08 Å². The third-order valence-electron chi connectivity index (χ3n) is 8.22. The number of hydrogen-bond acceptors (Lipinski definition) is 5. The van der Waals surface area contributed by atoms with Gasteiger partial charge >= 0.3 is 0 Å². The summed E-state index contributed by atoms with van der Waals surface area (Å²) >= 11 is 0. The topological polar surface area (TPSA) is 76.3 Å². The summed E-state index contributed by atoms with van der Waals surface area (Å²) < 4.78 is 4.43. The molecule has 1 aliphatic heterocycles. The first-order valence-corrected chi connectivity index (χ1v) is 14.4. The summed E-state index contributed by atoms with van der Waals surface area (Å²) in [5, 5.41) is 1.12. The molecule has 0 N–H and O–H groups in total. The third-order valence-corrected chi connectivity index (χ3v) is 8.22. The fourth-order valence-electron chi connectivity index (χ4n) is 5.92. The molecular formula is C32H38N6O2. The molecule has 1 saturated carbocycles. The summed E-state index contributed by atoms with van der Waals surface area (Å²) in [6.07, 6.45) is 10.4. The van der Waals surface area contributed by atoms with E-state index in [0.717, 1.165) is 66.1 Å². The van der Waals surface area contributed by atoms with E-state index in [-0.39, 0.29) is 17.6 Å². The Hall–Kier alpha value is -3.78. The van der Waals surface area contributed by atoms with Gasteiger partial charge in [-0.3, -0.25) is 9.59 Å². The van der Waals surface area contributed by atoms with Gasteiger partial charge in [0.15, 0.2) is 11.6 Å². The Morgan fingerprint density at radius 3 is 2.75 bits per heavy atom. The van der Waals surface area contributed by atoms with Crippen molar-refractivity contribution in [3.63, 3.8) is 0 Å². The Kier molecular flexibility index (Phi) is 7.27. The molecule has 40 heavy (non-hydrogen) atoms. The number of carbonyl (C=O) groups excluding carboxylic acids is 2. The van der Waals surface area contributed by atoms with E-state index >= 15 is 0 Å². The summed E-state index contributed by atoms with van der Waals surface area (Å²) in [6, 6.07) is 12.1. The number of hydrogen-bond donors (Lipinski definition) is 0. The van der Waals surface area contributed by atoms with E-state index in [1.165, 1.54) is 12.8 Å². The van der Waals surface area contributed by atoms with Crippen molar-refractivity contribution in [2.75, 3.05) is 33.7 Å². The molecular weight excluding hydrogens is 500 g/mol. The van der Waals surface area contributed by atoms with Crippen LogP contribution in [0, 0.1) is 11.8 Å². The van der Waals surface area contributed by atoms with Crippen molar-refractivity contribution in [1.82, 2.24) is 28.9 Å². The van der Waals surface area contributed by atoms with Crippen LogP contribution in [-0.4, -0.2) is 74.3 Å². The van der Waals surface area contributed by atoms with Gasteiger partial charge < -0.3 is 18.9 Å². The maximum atomic E-state index is 13.6. The molecule has 0 spiro atoms. The van der Waals surface area contributed by atoms with E-state index < -0.39 is 0 Å². The van der Waals surface area contributed by atoms with Crippen LogP contribution in [-0.2, 0) is 18.4 Å². The number of pyridine rings is 1. The van der Waals surface area contributed by atoms with Gasteiger partial charge in [0.25, 0.3) is 5.91 Å². The molecule has 0 unspecified atom stereocenters. The molecule has 8 nitrogen and oxygen atoms in total.